The maximum Gasteiger partial charge on any atom is 0.260 e. The van der Waals surface area contributed by atoms with E-state index in [1.807, 2.05) is 17.0 Å². The first kappa shape index (κ1) is 16.4. The normalized spacial score (nSPS) is 24.1. The van der Waals surface area contributed by atoms with Gasteiger partial charge in [-0.15, -0.1) is 12.4 Å². The molecule has 6 heteroatoms. The number of likely N-dealkylation sites (tertiary alicyclic amines) is 1. The van der Waals surface area contributed by atoms with Gasteiger partial charge in [0.1, 0.15) is 5.75 Å². The molecule has 0 spiro atoms. The Morgan fingerprint density at radius 2 is 2.14 bits per heavy atom. The fraction of sp³-hybridized carbons (Fsp3) is 0.533. The number of hydrogen-bond acceptors (Lipinski definition) is 3. The summed E-state index contributed by atoms with van der Waals surface area (Å²) in [4.78, 5) is 14.1. The fourth-order valence-electron chi connectivity index (χ4n) is 2.96. The van der Waals surface area contributed by atoms with Crippen LogP contribution in [-0.2, 0) is 4.79 Å². The molecule has 21 heavy (non-hydrogen) atoms. The third-order valence-corrected chi connectivity index (χ3v) is 4.27. The summed E-state index contributed by atoms with van der Waals surface area (Å²) >= 11 is 5.89. The van der Waals surface area contributed by atoms with Crippen LogP contribution in [0.15, 0.2) is 24.3 Å². The highest BCUT2D eigenvalue weighted by molar-refractivity contribution is 6.30. The molecule has 2 aliphatic heterocycles. The summed E-state index contributed by atoms with van der Waals surface area (Å²) in [6.07, 6.45) is 3.45. The van der Waals surface area contributed by atoms with Gasteiger partial charge >= 0.3 is 0 Å². The number of carbonyl (C=O) groups excluding carboxylic acids is 1. The van der Waals surface area contributed by atoms with Crippen LogP contribution < -0.4 is 10.1 Å². The van der Waals surface area contributed by atoms with Crippen molar-refractivity contribution in [2.24, 2.45) is 0 Å². The van der Waals surface area contributed by atoms with Gasteiger partial charge in [0.05, 0.1) is 0 Å². The molecule has 1 amide bonds. The summed E-state index contributed by atoms with van der Waals surface area (Å²) in [6, 6.07) is 8.18. The third kappa shape index (κ3) is 4.25. The van der Waals surface area contributed by atoms with Crippen molar-refractivity contribution in [1.82, 2.24) is 10.2 Å². The van der Waals surface area contributed by atoms with Crippen LogP contribution in [0.25, 0.3) is 0 Å². The molecule has 2 bridgehead atoms. The summed E-state index contributed by atoms with van der Waals surface area (Å²) in [5, 5.41) is 4.18. The number of rotatable bonds is 3. The predicted molar refractivity (Wildman–Crippen MR) is 85.3 cm³/mol. The first-order valence-electron chi connectivity index (χ1n) is 7.13. The van der Waals surface area contributed by atoms with E-state index < -0.39 is 0 Å². The minimum atomic E-state index is 0. The largest absolute Gasteiger partial charge is 0.484 e. The van der Waals surface area contributed by atoms with Crippen LogP contribution in [0.3, 0.4) is 0 Å². The van der Waals surface area contributed by atoms with Gasteiger partial charge in [-0.3, -0.25) is 4.79 Å². The lowest BCUT2D eigenvalue weighted by Crippen LogP contribution is -2.41. The summed E-state index contributed by atoms with van der Waals surface area (Å²) in [5.41, 5.74) is 0. The fourth-order valence-corrected chi connectivity index (χ4v) is 3.14. The van der Waals surface area contributed by atoms with Crippen LogP contribution in [-0.4, -0.2) is 42.6 Å². The lowest BCUT2D eigenvalue weighted by Gasteiger charge is -2.24. The zero-order valence-corrected chi connectivity index (χ0v) is 13.3. The zero-order valence-electron chi connectivity index (χ0n) is 11.8. The molecule has 3 rings (SSSR count). The number of ether oxygens (including phenoxy) is 1. The molecule has 2 saturated heterocycles. The first-order chi connectivity index (χ1) is 9.70. The van der Waals surface area contributed by atoms with Crippen LogP contribution in [0.1, 0.15) is 19.3 Å². The Morgan fingerprint density at radius 3 is 2.95 bits per heavy atom. The van der Waals surface area contributed by atoms with Gasteiger partial charge in [0.15, 0.2) is 6.61 Å². The molecule has 2 fully saturated rings. The van der Waals surface area contributed by atoms with E-state index >= 15 is 0 Å². The second-order valence-electron chi connectivity index (χ2n) is 5.51. The molecule has 0 radical (unpaired) electrons. The van der Waals surface area contributed by atoms with E-state index in [0.29, 0.717) is 22.9 Å². The van der Waals surface area contributed by atoms with E-state index in [1.165, 1.54) is 12.8 Å². The van der Waals surface area contributed by atoms with Crippen molar-refractivity contribution in [3.05, 3.63) is 29.3 Å². The minimum Gasteiger partial charge on any atom is -0.484 e. The molecule has 1 N–H and O–H groups in total. The Bertz CT molecular complexity index is 498. The molecular formula is C15H20Cl2N2O2. The van der Waals surface area contributed by atoms with Crippen LogP contribution >= 0.6 is 24.0 Å². The summed E-state index contributed by atoms with van der Waals surface area (Å²) in [6.45, 7) is 1.71. The SMILES string of the molecule is Cl.O=C(COc1cccc(Cl)c1)N1CCC2CCC(C1)N2. The molecule has 2 heterocycles. The Labute approximate surface area is 136 Å². The average molecular weight is 331 g/mol. The second kappa shape index (κ2) is 7.34. The Morgan fingerprint density at radius 1 is 1.33 bits per heavy atom. The highest BCUT2D eigenvalue weighted by Gasteiger charge is 2.31. The van der Waals surface area contributed by atoms with E-state index in [-0.39, 0.29) is 24.9 Å². The van der Waals surface area contributed by atoms with E-state index in [2.05, 4.69) is 5.32 Å². The van der Waals surface area contributed by atoms with Crippen molar-refractivity contribution in [1.29, 1.82) is 0 Å². The number of halogens is 2. The summed E-state index contributed by atoms with van der Waals surface area (Å²) < 4.78 is 5.53. The van der Waals surface area contributed by atoms with Gasteiger partial charge in [0.2, 0.25) is 0 Å². The van der Waals surface area contributed by atoms with Crippen molar-refractivity contribution in [3.8, 4) is 5.75 Å². The van der Waals surface area contributed by atoms with Crippen LogP contribution in [0.2, 0.25) is 5.02 Å². The van der Waals surface area contributed by atoms with Gasteiger partial charge in [0, 0.05) is 30.2 Å². The first-order valence-corrected chi connectivity index (χ1v) is 7.51. The van der Waals surface area contributed by atoms with Gasteiger partial charge in [-0.1, -0.05) is 17.7 Å². The summed E-state index contributed by atoms with van der Waals surface area (Å²) in [5.74, 6) is 0.694. The Balaban J connectivity index is 0.00000161. The highest BCUT2D eigenvalue weighted by Crippen LogP contribution is 2.21. The quantitative estimate of drug-likeness (QED) is 0.925. The van der Waals surface area contributed by atoms with Gasteiger partial charge in [-0.2, -0.15) is 0 Å². The van der Waals surface area contributed by atoms with Crippen molar-refractivity contribution < 1.29 is 9.53 Å². The monoisotopic (exact) mass is 330 g/mol. The van der Waals surface area contributed by atoms with Gasteiger partial charge in [0.25, 0.3) is 5.91 Å². The van der Waals surface area contributed by atoms with Crippen LogP contribution in [0, 0.1) is 0 Å². The lowest BCUT2D eigenvalue weighted by atomic mass is 10.1. The standard InChI is InChI=1S/C15H19ClN2O2.ClH/c16-11-2-1-3-14(8-11)20-10-15(19)18-7-6-12-4-5-13(9-18)17-12;/h1-3,8,12-13,17H,4-7,9-10H2;1H. The van der Waals surface area contributed by atoms with Crippen molar-refractivity contribution in [2.45, 2.75) is 31.3 Å². The van der Waals surface area contributed by atoms with Crippen molar-refractivity contribution >= 4 is 29.9 Å². The Hall–Kier alpha value is -0.970. The topological polar surface area (TPSA) is 41.6 Å². The zero-order chi connectivity index (χ0) is 13.9. The number of fused-ring (bicyclic) bond motifs is 2. The van der Waals surface area contributed by atoms with E-state index in [0.717, 1.165) is 19.5 Å². The Kier molecular flexibility index (Phi) is 5.73. The maximum absolute atomic E-state index is 12.2. The average Bonchev–Trinajstić information content (AvgIpc) is 2.76. The van der Waals surface area contributed by atoms with Crippen LogP contribution in [0.5, 0.6) is 5.75 Å². The molecule has 0 aromatic heterocycles. The summed E-state index contributed by atoms with van der Waals surface area (Å²) in [7, 11) is 0. The molecule has 1 aromatic rings. The number of amides is 1. The van der Waals surface area contributed by atoms with Crippen LogP contribution in [0.4, 0.5) is 0 Å². The third-order valence-electron chi connectivity index (χ3n) is 4.03. The molecule has 116 valence electrons. The second-order valence-corrected chi connectivity index (χ2v) is 5.95. The maximum atomic E-state index is 12.2. The molecule has 0 aliphatic carbocycles. The number of benzene rings is 1. The van der Waals surface area contributed by atoms with Crippen molar-refractivity contribution in [2.75, 3.05) is 19.7 Å². The molecule has 1 aromatic carbocycles. The van der Waals surface area contributed by atoms with E-state index in [4.69, 9.17) is 16.3 Å². The molecule has 0 saturated carbocycles. The number of carbonyl (C=O) groups is 1. The van der Waals surface area contributed by atoms with Gasteiger partial charge in [-0.25, -0.2) is 0 Å². The smallest absolute Gasteiger partial charge is 0.260 e. The number of nitrogens with one attached hydrogen (secondary N) is 1. The number of hydrogen-bond donors (Lipinski definition) is 1. The molecule has 4 nitrogen and oxygen atoms in total. The van der Waals surface area contributed by atoms with E-state index in [1.54, 1.807) is 12.1 Å². The minimum absolute atomic E-state index is 0. The van der Waals surface area contributed by atoms with Gasteiger partial charge in [-0.05, 0) is 37.5 Å². The van der Waals surface area contributed by atoms with Gasteiger partial charge < -0.3 is 15.0 Å². The van der Waals surface area contributed by atoms with Crippen molar-refractivity contribution in [3.63, 3.8) is 0 Å². The highest BCUT2D eigenvalue weighted by atomic mass is 35.5. The molecule has 2 unspecified atom stereocenters. The molecular weight excluding hydrogens is 311 g/mol. The molecule has 2 atom stereocenters. The van der Waals surface area contributed by atoms with E-state index in [9.17, 15) is 4.79 Å². The lowest BCUT2D eigenvalue weighted by molar-refractivity contribution is -0.133. The predicted octanol–water partition coefficient (Wildman–Crippen LogP) is 2.49. The number of nitrogens with zero attached hydrogens (tertiary/aromatic N) is 1. The molecule has 2 aliphatic rings.